The molecule has 2 heterocycles. The van der Waals surface area contributed by atoms with Crippen LogP contribution in [-0.2, 0) is 0 Å². The van der Waals surface area contributed by atoms with Crippen LogP contribution in [0.4, 0.5) is 0 Å². The molecule has 0 N–H and O–H groups in total. The molecule has 0 radical (unpaired) electrons. The topological polar surface area (TPSA) is 13.1 Å². The van der Waals surface area contributed by atoms with Crippen LogP contribution in [0.2, 0.25) is 0 Å². The van der Waals surface area contributed by atoms with E-state index in [4.69, 9.17) is 4.42 Å². The van der Waals surface area contributed by atoms with Gasteiger partial charge in [0.1, 0.15) is 5.76 Å². The number of furan rings is 1. The lowest BCUT2D eigenvalue weighted by Gasteiger charge is -2.00. The van der Waals surface area contributed by atoms with Crippen LogP contribution in [-0.4, -0.2) is 0 Å². The van der Waals surface area contributed by atoms with Crippen molar-refractivity contribution in [2.75, 3.05) is 0 Å². The van der Waals surface area contributed by atoms with E-state index >= 15 is 0 Å². The van der Waals surface area contributed by atoms with Crippen LogP contribution < -0.4 is 0 Å². The first-order chi connectivity index (χ1) is 7.93. The maximum atomic E-state index is 5.35. The molecule has 2 aromatic heterocycles. The largest absolute Gasteiger partial charge is 0.464 e. The molecule has 0 bridgehead atoms. The Hall–Kier alpha value is -1.80. The van der Waals surface area contributed by atoms with Gasteiger partial charge in [-0.2, -0.15) is 11.3 Å². The van der Waals surface area contributed by atoms with Crippen LogP contribution in [0.15, 0.2) is 63.9 Å². The second-order valence-electron chi connectivity index (χ2n) is 3.57. The van der Waals surface area contributed by atoms with Crippen molar-refractivity contribution in [3.8, 4) is 22.5 Å². The van der Waals surface area contributed by atoms with Gasteiger partial charge in [0, 0.05) is 5.56 Å². The lowest BCUT2D eigenvalue weighted by atomic mass is 10.1. The fourth-order valence-corrected chi connectivity index (χ4v) is 2.36. The zero-order valence-electron chi connectivity index (χ0n) is 8.59. The van der Waals surface area contributed by atoms with E-state index in [-0.39, 0.29) is 0 Å². The van der Waals surface area contributed by atoms with Crippen LogP contribution in [0.5, 0.6) is 0 Å². The average Bonchev–Trinajstić information content (AvgIpc) is 3.03. The Bertz CT molecular complexity index is 494. The number of thiophene rings is 1. The summed E-state index contributed by atoms with van der Waals surface area (Å²) in [5, 5.41) is 4.25. The van der Waals surface area contributed by atoms with Crippen molar-refractivity contribution in [2.24, 2.45) is 0 Å². The molecule has 0 aliphatic carbocycles. The summed E-state index contributed by atoms with van der Waals surface area (Å²) in [6.45, 7) is 0. The molecule has 16 heavy (non-hydrogen) atoms. The molecule has 0 saturated carbocycles. The van der Waals surface area contributed by atoms with Crippen molar-refractivity contribution in [3.63, 3.8) is 0 Å². The van der Waals surface area contributed by atoms with Gasteiger partial charge in [0.05, 0.1) is 6.26 Å². The average molecular weight is 226 g/mol. The van der Waals surface area contributed by atoms with Gasteiger partial charge in [-0.25, -0.2) is 0 Å². The Labute approximate surface area is 98.0 Å². The predicted octanol–water partition coefficient (Wildman–Crippen LogP) is 4.68. The first-order valence-corrected chi connectivity index (χ1v) is 6.04. The maximum Gasteiger partial charge on any atom is 0.133 e. The van der Waals surface area contributed by atoms with Crippen molar-refractivity contribution in [1.29, 1.82) is 0 Å². The highest BCUT2D eigenvalue weighted by Gasteiger charge is 2.01. The SMILES string of the molecule is c1coc(-c2ccc(-c3ccsc3)cc2)c1. The molecule has 1 nitrogen and oxygen atoms in total. The summed E-state index contributed by atoms with van der Waals surface area (Å²) in [6.07, 6.45) is 1.70. The number of hydrogen-bond donors (Lipinski definition) is 0. The molecule has 0 atom stereocenters. The normalized spacial score (nSPS) is 10.5. The van der Waals surface area contributed by atoms with E-state index in [0.29, 0.717) is 0 Å². The van der Waals surface area contributed by atoms with Gasteiger partial charge >= 0.3 is 0 Å². The summed E-state index contributed by atoms with van der Waals surface area (Å²) in [7, 11) is 0. The smallest absolute Gasteiger partial charge is 0.133 e. The van der Waals surface area contributed by atoms with E-state index in [1.54, 1.807) is 17.6 Å². The van der Waals surface area contributed by atoms with E-state index in [2.05, 4.69) is 41.1 Å². The fraction of sp³-hybridized carbons (Fsp3) is 0. The van der Waals surface area contributed by atoms with Crippen LogP contribution >= 0.6 is 11.3 Å². The molecule has 3 rings (SSSR count). The van der Waals surface area contributed by atoms with E-state index < -0.39 is 0 Å². The Morgan fingerprint density at radius 2 is 1.62 bits per heavy atom. The first kappa shape index (κ1) is 9.43. The fourth-order valence-electron chi connectivity index (χ4n) is 1.70. The number of rotatable bonds is 2. The van der Waals surface area contributed by atoms with Gasteiger partial charge < -0.3 is 4.42 Å². The summed E-state index contributed by atoms with van der Waals surface area (Å²) in [5.74, 6) is 0.914. The quantitative estimate of drug-likeness (QED) is 0.618. The van der Waals surface area contributed by atoms with Gasteiger partial charge in [-0.15, -0.1) is 0 Å². The lowest BCUT2D eigenvalue weighted by Crippen LogP contribution is -1.75. The van der Waals surface area contributed by atoms with Crippen molar-refractivity contribution < 1.29 is 4.42 Å². The Morgan fingerprint density at radius 3 is 2.25 bits per heavy atom. The van der Waals surface area contributed by atoms with Gasteiger partial charge in [0.15, 0.2) is 0 Å². The second-order valence-corrected chi connectivity index (χ2v) is 4.35. The monoisotopic (exact) mass is 226 g/mol. The van der Waals surface area contributed by atoms with Crippen LogP contribution in [0.3, 0.4) is 0 Å². The highest BCUT2D eigenvalue weighted by molar-refractivity contribution is 7.08. The number of benzene rings is 1. The standard InChI is InChI=1S/C14H10OS/c1-2-14(15-8-1)12-5-3-11(4-6-12)13-7-9-16-10-13/h1-10H. The molecule has 0 spiro atoms. The molecule has 0 saturated heterocycles. The summed E-state index contributed by atoms with van der Waals surface area (Å²) < 4.78 is 5.35. The van der Waals surface area contributed by atoms with Crippen molar-refractivity contribution in [1.82, 2.24) is 0 Å². The summed E-state index contributed by atoms with van der Waals surface area (Å²) >= 11 is 1.72. The third-order valence-corrected chi connectivity index (χ3v) is 3.23. The minimum absolute atomic E-state index is 0.914. The van der Waals surface area contributed by atoms with Crippen molar-refractivity contribution >= 4 is 11.3 Å². The zero-order chi connectivity index (χ0) is 10.8. The second kappa shape index (κ2) is 3.99. The molecular formula is C14H10OS. The van der Waals surface area contributed by atoms with E-state index in [9.17, 15) is 0 Å². The van der Waals surface area contributed by atoms with Gasteiger partial charge in [-0.1, -0.05) is 24.3 Å². The Kier molecular flexibility index (Phi) is 2.35. The zero-order valence-corrected chi connectivity index (χ0v) is 9.41. The van der Waals surface area contributed by atoms with Crippen LogP contribution in [0.1, 0.15) is 0 Å². The van der Waals surface area contributed by atoms with E-state index in [0.717, 1.165) is 11.3 Å². The molecule has 0 fully saturated rings. The molecule has 0 aliphatic heterocycles. The minimum Gasteiger partial charge on any atom is -0.464 e. The van der Waals surface area contributed by atoms with Gasteiger partial charge in [-0.3, -0.25) is 0 Å². The predicted molar refractivity (Wildman–Crippen MR) is 67.5 cm³/mol. The molecule has 0 amide bonds. The third-order valence-electron chi connectivity index (χ3n) is 2.55. The van der Waals surface area contributed by atoms with Crippen LogP contribution in [0.25, 0.3) is 22.5 Å². The molecule has 2 heteroatoms. The molecule has 0 unspecified atom stereocenters. The maximum absolute atomic E-state index is 5.35. The Morgan fingerprint density at radius 1 is 0.812 bits per heavy atom. The van der Waals surface area contributed by atoms with Crippen molar-refractivity contribution in [3.05, 3.63) is 59.5 Å². The van der Waals surface area contributed by atoms with E-state index in [1.165, 1.54) is 11.1 Å². The van der Waals surface area contributed by atoms with Crippen LogP contribution in [0, 0.1) is 0 Å². The highest BCUT2D eigenvalue weighted by atomic mass is 32.1. The summed E-state index contributed by atoms with van der Waals surface area (Å²) in [6, 6.07) is 14.4. The van der Waals surface area contributed by atoms with Gasteiger partial charge in [0.25, 0.3) is 0 Å². The first-order valence-electron chi connectivity index (χ1n) is 5.10. The molecule has 0 aliphatic rings. The van der Waals surface area contributed by atoms with Gasteiger partial charge in [-0.05, 0) is 40.1 Å². The van der Waals surface area contributed by atoms with Gasteiger partial charge in [0.2, 0.25) is 0 Å². The molecular weight excluding hydrogens is 216 g/mol. The lowest BCUT2D eigenvalue weighted by molar-refractivity contribution is 0.582. The Balaban J connectivity index is 1.97. The molecule has 78 valence electrons. The third kappa shape index (κ3) is 1.68. The number of hydrogen-bond acceptors (Lipinski definition) is 2. The summed E-state index contributed by atoms with van der Waals surface area (Å²) in [5.41, 5.74) is 3.64. The summed E-state index contributed by atoms with van der Waals surface area (Å²) in [4.78, 5) is 0. The molecule has 1 aromatic carbocycles. The van der Waals surface area contributed by atoms with Crippen molar-refractivity contribution in [2.45, 2.75) is 0 Å². The molecule has 3 aromatic rings. The highest BCUT2D eigenvalue weighted by Crippen LogP contribution is 2.26. The van der Waals surface area contributed by atoms with E-state index in [1.807, 2.05) is 12.1 Å². The minimum atomic E-state index is 0.914.